The number of aliphatic hydroxyl groups is 1. The number of hydrogen-bond acceptors (Lipinski definition) is 4. The highest BCUT2D eigenvalue weighted by Gasteiger charge is 2.04. The molecule has 112 valence electrons. The van der Waals surface area contributed by atoms with E-state index in [1.165, 1.54) is 18.5 Å². The van der Waals surface area contributed by atoms with E-state index < -0.39 is 0 Å². The van der Waals surface area contributed by atoms with Crippen molar-refractivity contribution in [1.82, 2.24) is 9.97 Å². The minimum Gasteiger partial charge on any atom is -0.392 e. The number of hydrogen-bond donors (Lipinski definition) is 2. The molecular weight excluding hydrogens is 281 g/mol. The van der Waals surface area contributed by atoms with Gasteiger partial charge in [0.1, 0.15) is 18.0 Å². The van der Waals surface area contributed by atoms with Crippen LogP contribution in [0, 0.1) is 5.82 Å². The molecule has 0 aliphatic carbocycles. The maximum atomic E-state index is 13.4. The molecule has 0 fully saturated rings. The second-order valence-electron chi connectivity index (χ2n) is 5.04. The molecule has 4 nitrogen and oxygen atoms in total. The molecule has 1 aromatic heterocycles. The number of anilines is 1. The topological polar surface area (TPSA) is 58.0 Å². The number of aliphatic hydroxyl groups excluding tert-OH is 1. The van der Waals surface area contributed by atoms with Gasteiger partial charge in [0, 0.05) is 11.9 Å². The molecule has 0 saturated heterocycles. The van der Waals surface area contributed by atoms with Crippen LogP contribution in [0.2, 0.25) is 0 Å². The number of benzene rings is 2. The average molecular weight is 297 g/mol. The SMILES string of the molecule is OCc1ccc(CCNc2ncnc3ccc(F)cc23)cc1. The van der Waals surface area contributed by atoms with Crippen LogP contribution in [-0.4, -0.2) is 21.6 Å². The number of aromatic nitrogens is 2. The van der Waals surface area contributed by atoms with Crippen LogP contribution in [0.4, 0.5) is 10.2 Å². The Bertz CT molecular complexity index is 774. The van der Waals surface area contributed by atoms with Crippen LogP contribution < -0.4 is 5.32 Å². The molecule has 0 radical (unpaired) electrons. The molecule has 22 heavy (non-hydrogen) atoms. The van der Waals surface area contributed by atoms with Crippen LogP contribution in [0.3, 0.4) is 0 Å². The molecule has 2 aromatic carbocycles. The third-order valence-corrected chi connectivity index (χ3v) is 3.51. The van der Waals surface area contributed by atoms with Crippen LogP contribution >= 0.6 is 0 Å². The molecule has 0 aliphatic heterocycles. The maximum absolute atomic E-state index is 13.4. The van der Waals surface area contributed by atoms with E-state index >= 15 is 0 Å². The number of halogens is 1. The van der Waals surface area contributed by atoms with E-state index in [2.05, 4.69) is 15.3 Å². The fourth-order valence-corrected chi connectivity index (χ4v) is 2.31. The van der Waals surface area contributed by atoms with Crippen molar-refractivity contribution in [3.8, 4) is 0 Å². The standard InChI is InChI=1S/C17H16FN3O/c18-14-5-6-16-15(9-14)17(21-11-20-16)19-8-7-12-1-3-13(10-22)4-2-12/h1-6,9,11,22H,7-8,10H2,(H,19,20,21). The van der Waals surface area contributed by atoms with Gasteiger partial charge < -0.3 is 10.4 Å². The number of nitrogens with zero attached hydrogens (tertiary/aromatic N) is 2. The van der Waals surface area contributed by atoms with Gasteiger partial charge in [-0.1, -0.05) is 24.3 Å². The minimum absolute atomic E-state index is 0.0526. The van der Waals surface area contributed by atoms with Crippen molar-refractivity contribution in [2.75, 3.05) is 11.9 Å². The number of rotatable bonds is 5. The predicted molar refractivity (Wildman–Crippen MR) is 84.1 cm³/mol. The van der Waals surface area contributed by atoms with Crippen molar-refractivity contribution < 1.29 is 9.50 Å². The van der Waals surface area contributed by atoms with Gasteiger partial charge in [-0.05, 0) is 35.7 Å². The fourth-order valence-electron chi connectivity index (χ4n) is 2.31. The summed E-state index contributed by atoms with van der Waals surface area (Å²) in [5.74, 6) is 0.335. The molecule has 0 aliphatic rings. The van der Waals surface area contributed by atoms with Crippen LogP contribution in [0.15, 0.2) is 48.8 Å². The van der Waals surface area contributed by atoms with E-state index in [9.17, 15) is 4.39 Å². The van der Waals surface area contributed by atoms with Gasteiger partial charge in [-0.15, -0.1) is 0 Å². The molecule has 1 heterocycles. The fraction of sp³-hybridized carbons (Fsp3) is 0.176. The van der Waals surface area contributed by atoms with Crippen molar-refractivity contribution in [2.45, 2.75) is 13.0 Å². The van der Waals surface area contributed by atoms with E-state index in [0.29, 0.717) is 23.3 Å². The summed E-state index contributed by atoms with van der Waals surface area (Å²) < 4.78 is 13.4. The van der Waals surface area contributed by atoms with Crippen LogP contribution in [0.25, 0.3) is 10.9 Å². The third kappa shape index (κ3) is 3.20. The first-order valence-electron chi connectivity index (χ1n) is 7.09. The van der Waals surface area contributed by atoms with Crippen molar-refractivity contribution in [3.63, 3.8) is 0 Å². The van der Waals surface area contributed by atoms with Gasteiger partial charge in [0.15, 0.2) is 0 Å². The lowest BCUT2D eigenvalue weighted by Crippen LogP contribution is -2.07. The molecule has 0 spiro atoms. The summed E-state index contributed by atoms with van der Waals surface area (Å²) in [5.41, 5.74) is 2.77. The highest BCUT2D eigenvalue weighted by atomic mass is 19.1. The number of fused-ring (bicyclic) bond motifs is 1. The summed E-state index contributed by atoms with van der Waals surface area (Å²) in [4.78, 5) is 8.31. The third-order valence-electron chi connectivity index (χ3n) is 3.51. The van der Waals surface area contributed by atoms with Gasteiger partial charge in [0.2, 0.25) is 0 Å². The Kier molecular flexibility index (Phi) is 4.25. The van der Waals surface area contributed by atoms with Gasteiger partial charge in [0.25, 0.3) is 0 Å². The molecule has 5 heteroatoms. The molecule has 0 unspecified atom stereocenters. The molecule has 0 amide bonds. The molecule has 3 aromatic rings. The Morgan fingerprint density at radius 3 is 2.55 bits per heavy atom. The largest absolute Gasteiger partial charge is 0.392 e. The van der Waals surface area contributed by atoms with E-state index in [1.807, 2.05) is 24.3 Å². The lowest BCUT2D eigenvalue weighted by molar-refractivity contribution is 0.282. The molecule has 2 N–H and O–H groups in total. The zero-order chi connectivity index (χ0) is 15.4. The molecule has 3 rings (SSSR count). The Labute approximate surface area is 127 Å². The second kappa shape index (κ2) is 6.49. The van der Waals surface area contributed by atoms with E-state index in [-0.39, 0.29) is 12.4 Å². The zero-order valence-corrected chi connectivity index (χ0v) is 12.0. The van der Waals surface area contributed by atoms with Gasteiger partial charge in [-0.3, -0.25) is 0 Å². The van der Waals surface area contributed by atoms with Crippen molar-refractivity contribution in [1.29, 1.82) is 0 Å². The highest BCUT2D eigenvalue weighted by Crippen LogP contribution is 2.20. The van der Waals surface area contributed by atoms with Gasteiger partial charge in [0.05, 0.1) is 12.1 Å². The van der Waals surface area contributed by atoms with E-state index in [1.54, 1.807) is 6.07 Å². The van der Waals surface area contributed by atoms with Gasteiger partial charge >= 0.3 is 0 Å². The van der Waals surface area contributed by atoms with E-state index in [0.717, 1.165) is 17.5 Å². The smallest absolute Gasteiger partial charge is 0.137 e. The first-order valence-corrected chi connectivity index (χ1v) is 7.09. The lowest BCUT2D eigenvalue weighted by Gasteiger charge is -2.08. The molecule has 0 bridgehead atoms. The molecule has 0 saturated carbocycles. The summed E-state index contributed by atoms with van der Waals surface area (Å²) in [7, 11) is 0. The van der Waals surface area contributed by atoms with Crippen molar-refractivity contribution in [2.24, 2.45) is 0 Å². The predicted octanol–water partition coefficient (Wildman–Crippen LogP) is 2.92. The summed E-state index contributed by atoms with van der Waals surface area (Å²) in [6, 6.07) is 12.3. The van der Waals surface area contributed by atoms with Crippen molar-refractivity contribution in [3.05, 3.63) is 65.7 Å². The Hall–Kier alpha value is -2.53. The Balaban J connectivity index is 1.69. The second-order valence-corrected chi connectivity index (χ2v) is 5.04. The normalized spacial score (nSPS) is 10.8. The minimum atomic E-state index is -0.301. The molecule has 0 atom stereocenters. The van der Waals surface area contributed by atoms with Gasteiger partial charge in [-0.2, -0.15) is 0 Å². The van der Waals surface area contributed by atoms with E-state index in [4.69, 9.17) is 5.11 Å². The summed E-state index contributed by atoms with van der Waals surface area (Å²) in [6.45, 7) is 0.734. The quantitative estimate of drug-likeness (QED) is 0.760. The summed E-state index contributed by atoms with van der Waals surface area (Å²) >= 11 is 0. The first kappa shape index (κ1) is 14.4. The summed E-state index contributed by atoms with van der Waals surface area (Å²) in [5, 5.41) is 12.9. The number of nitrogens with one attached hydrogen (secondary N) is 1. The van der Waals surface area contributed by atoms with Crippen LogP contribution in [0.1, 0.15) is 11.1 Å². The maximum Gasteiger partial charge on any atom is 0.137 e. The highest BCUT2D eigenvalue weighted by molar-refractivity contribution is 5.88. The first-order chi connectivity index (χ1) is 10.8. The van der Waals surface area contributed by atoms with Gasteiger partial charge in [-0.25, -0.2) is 14.4 Å². The lowest BCUT2D eigenvalue weighted by atomic mass is 10.1. The Morgan fingerprint density at radius 1 is 1.00 bits per heavy atom. The summed E-state index contributed by atoms with van der Waals surface area (Å²) in [6.07, 6.45) is 2.28. The average Bonchev–Trinajstić information content (AvgIpc) is 2.56. The Morgan fingerprint density at radius 2 is 1.77 bits per heavy atom. The van der Waals surface area contributed by atoms with Crippen LogP contribution in [-0.2, 0) is 13.0 Å². The monoisotopic (exact) mass is 297 g/mol. The van der Waals surface area contributed by atoms with Crippen LogP contribution in [0.5, 0.6) is 0 Å². The van der Waals surface area contributed by atoms with Crippen molar-refractivity contribution >= 4 is 16.7 Å². The zero-order valence-electron chi connectivity index (χ0n) is 12.0. The molecular formula is C17H16FN3O.